The van der Waals surface area contributed by atoms with Gasteiger partial charge in [-0.1, -0.05) is 0 Å². The first-order valence-electron chi connectivity index (χ1n) is 6.34. The number of pyridine rings is 1. The van der Waals surface area contributed by atoms with E-state index in [0.717, 1.165) is 6.20 Å². The molecule has 0 spiro atoms. The Morgan fingerprint density at radius 2 is 2.35 bits per heavy atom. The second-order valence-electron chi connectivity index (χ2n) is 4.66. The first-order chi connectivity index (χ1) is 9.58. The topological polar surface area (TPSA) is 120 Å². The lowest BCUT2D eigenvalue weighted by Gasteiger charge is -2.07. The molecule has 1 fully saturated rings. The molecule has 3 N–H and O–H groups in total. The van der Waals surface area contributed by atoms with Crippen LogP contribution in [0.5, 0.6) is 0 Å². The normalized spacial score (nSPS) is 14.0. The molecule has 0 saturated heterocycles. The van der Waals surface area contributed by atoms with E-state index in [2.05, 4.69) is 10.3 Å². The van der Waals surface area contributed by atoms with Crippen LogP contribution in [-0.2, 0) is 4.74 Å². The fourth-order valence-corrected chi connectivity index (χ4v) is 1.66. The Balaban J connectivity index is 1.87. The molecule has 1 aliphatic carbocycles. The summed E-state index contributed by atoms with van der Waals surface area (Å²) in [5.74, 6) is 0.165. The Hall–Kier alpha value is -2.22. The van der Waals surface area contributed by atoms with Gasteiger partial charge < -0.3 is 15.8 Å². The molecule has 1 heterocycles. The molecule has 1 saturated carbocycles. The molecule has 0 radical (unpaired) electrons. The molecule has 8 nitrogen and oxygen atoms in total. The zero-order valence-corrected chi connectivity index (χ0v) is 10.9. The largest absolute Gasteiger partial charge is 0.384 e. The molecule has 1 aromatic rings. The van der Waals surface area contributed by atoms with Crippen molar-refractivity contribution in [2.75, 3.05) is 25.5 Å². The van der Waals surface area contributed by atoms with E-state index < -0.39 is 10.8 Å². The van der Waals surface area contributed by atoms with Crippen LogP contribution in [0.25, 0.3) is 0 Å². The third kappa shape index (κ3) is 3.89. The minimum atomic E-state index is -0.662. The number of hydrogen-bond acceptors (Lipinski definition) is 6. The smallest absolute Gasteiger partial charge is 0.300 e. The summed E-state index contributed by atoms with van der Waals surface area (Å²) >= 11 is 0. The number of amides is 1. The Bertz CT molecular complexity index is 516. The number of carbonyl (C=O) groups is 1. The van der Waals surface area contributed by atoms with Crippen molar-refractivity contribution >= 4 is 17.4 Å². The minimum absolute atomic E-state index is 0.0609. The summed E-state index contributed by atoms with van der Waals surface area (Å²) in [4.78, 5) is 25.6. The van der Waals surface area contributed by atoms with E-state index in [0.29, 0.717) is 25.7 Å². The molecule has 20 heavy (non-hydrogen) atoms. The Kier molecular flexibility index (Phi) is 4.46. The number of nitrogens with zero attached hydrogens (tertiary/aromatic N) is 2. The number of ether oxygens (including phenoxy) is 1. The predicted molar refractivity (Wildman–Crippen MR) is 71.2 cm³/mol. The van der Waals surface area contributed by atoms with Crippen molar-refractivity contribution < 1.29 is 14.5 Å². The van der Waals surface area contributed by atoms with Crippen molar-refractivity contribution in [3.8, 4) is 0 Å². The number of nitrogens with one attached hydrogen (secondary N) is 1. The van der Waals surface area contributed by atoms with Gasteiger partial charge in [-0.2, -0.15) is 0 Å². The lowest BCUT2D eigenvalue weighted by molar-refractivity contribution is -0.385. The highest BCUT2D eigenvalue weighted by Gasteiger charge is 2.22. The van der Waals surface area contributed by atoms with Gasteiger partial charge in [0.2, 0.25) is 0 Å². The molecule has 0 atom stereocenters. The zero-order valence-electron chi connectivity index (χ0n) is 10.9. The van der Waals surface area contributed by atoms with Crippen molar-refractivity contribution in [1.29, 1.82) is 0 Å². The van der Waals surface area contributed by atoms with Gasteiger partial charge in [-0.15, -0.1) is 0 Å². The van der Waals surface area contributed by atoms with Crippen molar-refractivity contribution in [2.45, 2.75) is 12.8 Å². The van der Waals surface area contributed by atoms with Crippen molar-refractivity contribution in [3.63, 3.8) is 0 Å². The van der Waals surface area contributed by atoms with Crippen LogP contribution in [0.1, 0.15) is 23.2 Å². The Morgan fingerprint density at radius 1 is 1.60 bits per heavy atom. The summed E-state index contributed by atoms with van der Waals surface area (Å²) in [6.07, 6.45) is 3.39. The van der Waals surface area contributed by atoms with Crippen LogP contribution in [0, 0.1) is 16.0 Å². The molecule has 0 aromatic carbocycles. The highest BCUT2D eigenvalue weighted by atomic mass is 16.6. The number of rotatable bonds is 7. The second-order valence-corrected chi connectivity index (χ2v) is 4.66. The lowest BCUT2D eigenvalue weighted by Crippen LogP contribution is -2.28. The fourth-order valence-electron chi connectivity index (χ4n) is 1.66. The van der Waals surface area contributed by atoms with E-state index >= 15 is 0 Å². The summed E-state index contributed by atoms with van der Waals surface area (Å²) in [7, 11) is 0. The number of anilines is 1. The molecule has 108 valence electrons. The fraction of sp³-hybridized carbons (Fsp3) is 0.500. The highest BCUT2D eigenvalue weighted by molar-refractivity contribution is 5.98. The van der Waals surface area contributed by atoms with Crippen LogP contribution in [0.3, 0.4) is 0 Å². The molecule has 0 unspecified atom stereocenters. The summed E-state index contributed by atoms with van der Waals surface area (Å²) in [5.41, 5.74) is 4.99. The molecule has 1 amide bonds. The number of nitro groups is 1. The SMILES string of the molecule is Nc1cc(C(=O)NCCOCC2CC2)c([N+](=O)[O-])cn1. The van der Waals surface area contributed by atoms with Crippen LogP contribution >= 0.6 is 0 Å². The van der Waals surface area contributed by atoms with E-state index in [9.17, 15) is 14.9 Å². The third-order valence-electron chi connectivity index (χ3n) is 2.93. The van der Waals surface area contributed by atoms with Crippen LogP contribution in [-0.4, -0.2) is 35.6 Å². The molecular formula is C12H16N4O4. The molecule has 1 aliphatic rings. The zero-order chi connectivity index (χ0) is 14.5. The van der Waals surface area contributed by atoms with Gasteiger partial charge in [0, 0.05) is 13.2 Å². The monoisotopic (exact) mass is 280 g/mol. The third-order valence-corrected chi connectivity index (χ3v) is 2.93. The summed E-state index contributed by atoms with van der Waals surface area (Å²) in [5, 5.41) is 13.4. The number of nitrogens with two attached hydrogens (primary N) is 1. The van der Waals surface area contributed by atoms with E-state index in [4.69, 9.17) is 10.5 Å². The maximum atomic E-state index is 11.9. The number of carbonyl (C=O) groups excluding carboxylic acids is 1. The van der Waals surface area contributed by atoms with E-state index in [1.54, 1.807) is 0 Å². The average Bonchev–Trinajstić information content (AvgIpc) is 3.21. The standard InChI is InChI=1S/C12H16N4O4/c13-11-5-9(10(6-15-11)16(18)19)12(17)14-3-4-20-7-8-1-2-8/h5-6,8H,1-4,7H2,(H2,13,15)(H,14,17). The summed E-state index contributed by atoms with van der Waals surface area (Å²) < 4.78 is 5.36. The van der Waals surface area contributed by atoms with Gasteiger partial charge >= 0.3 is 0 Å². The molecular weight excluding hydrogens is 264 g/mol. The first-order valence-corrected chi connectivity index (χ1v) is 6.34. The number of hydrogen-bond donors (Lipinski definition) is 2. The average molecular weight is 280 g/mol. The van der Waals surface area contributed by atoms with Gasteiger partial charge in [0.15, 0.2) is 0 Å². The Morgan fingerprint density at radius 3 is 3.00 bits per heavy atom. The van der Waals surface area contributed by atoms with E-state index in [-0.39, 0.29) is 17.1 Å². The van der Waals surface area contributed by atoms with Crippen molar-refractivity contribution in [3.05, 3.63) is 27.9 Å². The summed E-state index contributed by atoms with van der Waals surface area (Å²) in [6.45, 7) is 1.39. The number of aromatic nitrogens is 1. The quantitative estimate of drug-likeness (QED) is 0.431. The van der Waals surface area contributed by atoms with Gasteiger partial charge in [-0.3, -0.25) is 14.9 Å². The molecule has 1 aromatic heterocycles. The molecule has 0 aliphatic heterocycles. The maximum Gasteiger partial charge on any atom is 0.300 e. The van der Waals surface area contributed by atoms with E-state index in [1.807, 2.05) is 0 Å². The van der Waals surface area contributed by atoms with Gasteiger partial charge in [0.25, 0.3) is 11.6 Å². The van der Waals surface area contributed by atoms with Crippen LogP contribution in [0.4, 0.5) is 11.5 Å². The van der Waals surface area contributed by atoms with Gasteiger partial charge in [-0.05, 0) is 24.8 Å². The van der Waals surface area contributed by atoms with Crippen LogP contribution < -0.4 is 11.1 Å². The van der Waals surface area contributed by atoms with Crippen molar-refractivity contribution in [1.82, 2.24) is 10.3 Å². The van der Waals surface area contributed by atoms with Crippen molar-refractivity contribution in [2.24, 2.45) is 5.92 Å². The van der Waals surface area contributed by atoms with Crippen LogP contribution in [0.15, 0.2) is 12.3 Å². The summed E-state index contributed by atoms with van der Waals surface area (Å²) in [6, 6.07) is 1.19. The highest BCUT2D eigenvalue weighted by Crippen LogP contribution is 2.28. The van der Waals surface area contributed by atoms with E-state index in [1.165, 1.54) is 18.9 Å². The maximum absolute atomic E-state index is 11.9. The van der Waals surface area contributed by atoms with Crippen LogP contribution in [0.2, 0.25) is 0 Å². The molecule has 2 rings (SSSR count). The molecule has 0 bridgehead atoms. The number of nitrogen functional groups attached to an aromatic ring is 1. The predicted octanol–water partition coefficient (Wildman–Crippen LogP) is 0.728. The lowest BCUT2D eigenvalue weighted by atomic mass is 10.2. The van der Waals surface area contributed by atoms with Gasteiger partial charge in [0.05, 0.1) is 11.5 Å². The Labute approximate surface area is 115 Å². The van der Waals surface area contributed by atoms with Gasteiger partial charge in [-0.25, -0.2) is 4.98 Å². The second kappa shape index (κ2) is 6.29. The molecule has 8 heteroatoms. The first kappa shape index (κ1) is 14.2. The minimum Gasteiger partial charge on any atom is -0.384 e. The van der Waals surface area contributed by atoms with Gasteiger partial charge in [0.1, 0.15) is 17.6 Å².